The maximum absolute atomic E-state index is 12.6. The lowest BCUT2D eigenvalue weighted by molar-refractivity contribution is 0.217. The van der Waals surface area contributed by atoms with E-state index in [2.05, 4.69) is 28.6 Å². The summed E-state index contributed by atoms with van der Waals surface area (Å²) < 4.78 is 2.05. The third kappa shape index (κ3) is 3.43. The van der Waals surface area contributed by atoms with Crippen molar-refractivity contribution in [2.45, 2.75) is 13.3 Å². The zero-order chi connectivity index (χ0) is 19.0. The molecule has 1 aromatic carbocycles. The van der Waals surface area contributed by atoms with Gasteiger partial charge in [-0.25, -0.2) is 9.78 Å². The van der Waals surface area contributed by atoms with Crippen molar-refractivity contribution < 1.29 is 4.79 Å². The van der Waals surface area contributed by atoms with E-state index in [9.17, 15) is 4.79 Å². The van der Waals surface area contributed by atoms with Crippen molar-refractivity contribution in [1.82, 2.24) is 14.5 Å². The van der Waals surface area contributed by atoms with Crippen LogP contribution in [-0.2, 0) is 7.05 Å². The quantitative estimate of drug-likeness (QED) is 0.690. The first kappa shape index (κ1) is 17.6. The van der Waals surface area contributed by atoms with Crippen molar-refractivity contribution in [1.29, 1.82) is 0 Å². The second kappa shape index (κ2) is 7.08. The number of anilines is 1. The molecule has 3 heterocycles. The summed E-state index contributed by atoms with van der Waals surface area (Å²) in [5.41, 5.74) is 5.18. The molecule has 1 N–H and O–H groups in total. The predicted octanol–water partition coefficient (Wildman–Crippen LogP) is 4.86. The van der Waals surface area contributed by atoms with Gasteiger partial charge in [0.1, 0.15) is 5.65 Å². The minimum Gasteiger partial charge on any atom is -0.335 e. The third-order valence-corrected chi connectivity index (χ3v) is 5.25. The highest BCUT2D eigenvalue weighted by atomic mass is 35.5. The Bertz CT molecular complexity index is 1050. The van der Waals surface area contributed by atoms with Gasteiger partial charge >= 0.3 is 6.03 Å². The van der Waals surface area contributed by atoms with Gasteiger partial charge in [-0.3, -0.25) is 0 Å². The molecule has 0 atom stereocenters. The number of carbonyl (C=O) groups excluding carboxylic acids is 1. The number of amides is 2. The summed E-state index contributed by atoms with van der Waals surface area (Å²) in [5, 5.41) is 4.73. The first-order valence-electron chi connectivity index (χ1n) is 8.94. The minimum absolute atomic E-state index is 0.102. The molecule has 0 saturated heterocycles. The Morgan fingerprint density at radius 2 is 2.15 bits per heavy atom. The zero-order valence-corrected chi connectivity index (χ0v) is 16.1. The number of aromatic nitrogens is 2. The fraction of sp³-hybridized carbons (Fsp3) is 0.238. The van der Waals surface area contributed by atoms with Crippen LogP contribution in [0.15, 0.2) is 48.8 Å². The van der Waals surface area contributed by atoms with Crippen LogP contribution in [0.3, 0.4) is 0 Å². The number of aryl methyl sites for hydroxylation is 2. The lowest BCUT2D eigenvalue weighted by Crippen LogP contribution is -2.38. The van der Waals surface area contributed by atoms with Gasteiger partial charge in [0.25, 0.3) is 0 Å². The number of nitrogens with one attached hydrogen (secondary N) is 1. The Balaban J connectivity index is 1.51. The van der Waals surface area contributed by atoms with Crippen molar-refractivity contribution >= 4 is 39.9 Å². The molecule has 0 spiro atoms. The summed E-state index contributed by atoms with van der Waals surface area (Å²) in [6.07, 6.45) is 6.88. The molecular formula is C21H21ClN4O. The zero-order valence-electron chi connectivity index (χ0n) is 15.4. The van der Waals surface area contributed by atoms with Crippen LogP contribution in [0.1, 0.15) is 17.5 Å². The van der Waals surface area contributed by atoms with Gasteiger partial charge in [0, 0.05) is 54.2 Å². The van der Waals surface area contributed by atoms with Gasteiger partial charge in [0.2, 0.25) is 0 Å². The molecule has 4 rings (SSSR count). The van der Waals surface area contributed by atoms with Crippen LogP contribution in [0.4, 0.5) is 10.5 Å². The maximum Gasteiger partial charge on any atom is 0.322 e. The number of hydrogen-bond donors (Lipinski definition) is 1. The molecule has 0 radical (unpaired) electrons. The molecule has 27 heavy (non-hydrogen) atoms. The third-order valence-electron chi connectivity index (χ3n) is 5.02. The van der Waals surface area contributed by atoms with Crippen LogP contribution in [0.5, 0.6) is 0 Å². The van der Waals surface area contributed by atoms with Gasteiger partial charge in [-0.15, -0.1) is 0 Å². The van der Waals surface area contributed by atoms with E-state index in [0.29, 0.717) is 18.1 Å². The molecule has 0 bridgehead atoms. The van der Waals surface area contributed by atoms with E-state index in [1.165, 1.54) is 11.1 Å². The number of rotatable bonds is 2. The topological polar surface area (TPSA) is 50.2 Å². The van der Waals surface area contributed by atoms with E-state index in [4.69, 9.17) is 11.6 Å². The molecule has 138 valence electrons. The summed E-state index contributed by atoms with van der Waals surface area (Å²) in [7, 11) is 2.01. The van der Waals surface area contributed by atoms with Crippen LogP contribution >= 0.6 is 11.6 Å². The average molecular weight is 381 g/mol. The smallest absolute Gasteiger partial charge is 0.322 e. The lowest BCUT2D eigenvalue weighted by atomic mass is 10.00. The number of urea groups is 1. The second-order valence-electron chi connectivity index (χ2n) is 6.84. The predicted molar refractivity (Wildman–Crippen MR) is 110 cm³/mol. The molecule has 0 unspecified atom stereocenters. The molecule has 5 nitrogen and oxygen atoms in total. The molecule has 1 aliphatic heterocycles. The Labute approximate surface area is 163 Å². The second-order valence-corrected chi connectivity index (χ2v) is 7.28. The van der Waals surface area contributed by atoms with Gasteiger partial charge in [0.15, 0.2) is 0 Å². The van der Waals surface area contributed by atoms with Crippen molar-refractivity contribution in [3.8, 4) is 0 Å². The summed E-state index contributed by atoms with van der Waals surface area (Å²) in [4.78, 5) is 18.9. The Hall–Kier alpha value is -2.79. The fourth-order valence-electron chi connectivity index (χ4n) is 3.49. The van der Waals surface area contributed by atoms with Crippen LogP contribution in [0.2, 0.25) is 5.02 Å². The number of hydrogen-bond acceptors (Lipinski definition) is 2. The highest BCUT2D eigenvalue weighted by Gasteiger charge is 2.20. The number of fused-ring (bicyclic) bond motifs is 1. The molecular weight excluding hydrogens is 360 g/mol. The summed E-state index contributed by atoms with van der Waals surface area (Å²) in [6.45, 7) is 3.21. The number of carbonyl (C=O) groups is 1. The van der Waals surface area contributed by atoms with Crippen molar-refractivity contribution in [3.05, 3.63) is 65.0 Å². The minimum atomic E-state index is -0.102. The lowest BCUT2D eigenvalue weighted by Gasteiger charge is -2.27. The number of halogens is 1. The normalized spacial score (nSPS) is 14.3. The van der Waals surface area contributed by atoms with Crippen LogP contribution in [-0.4, -0.2) is 33.6 Å². The van der Waals surface area contributed by atoms with E-state index in [0.717, 1.165) is 28.7 Å². The fourth-order valence-corrected chi connectivity index (χ4v) is 3.66. The van der Waals surface area contributed by atoms with E-state index >= 15 is 0 Å². The average Bonchev–Trinajstić information content (AvgIpc) is 3.02. The highest BCUT2D eigenvalue weighted by molar-refractivity contribution is 6.31. The van der Waals surface area contributed by atoms with Crippen molar-refractivity contribution in [2.24, 2.45) is 7.05 Å². The van der Waals surface area contributed by atoms with Gasteiger partial charge < -0.3 is 14.8 Å². The summed E-state index contributed by atoms with van der Waals surface area (Å²) >= 11 is 6.04. The van der Waals surface area contributed by atoms with Crippen molar-refractivity contribution in [3.63, 3.8) is 0 Å². The highest BCUT2D eigenvalue weighted by Crippen LogP contribution is 2.30. The number of nitrogens with zero attached hydrogens (tertiary/aromatic N) is 3. The SMILES string of the molecule is Cc1ccc(Cl)cc1NC(=O)N1CC=C(c2cn(C)c3ncccc23)CC1. The van der Waals surface area contributed by atoms with E-state index in [1.807, 2.05) is 47.8 Å². The molecule has 1 aliphatic rings. The summed E-state index contributed by atoms with van der Waals surface area (Å²) in [5.74, 6) is 0. The monoisotopic (exact) mass is 380 g/mol. The first-order valence-corrected chi connectivity index (χ1v) is 9.32. The molecule has 0 aliphatic carbocycles. The Morgan fingerprint density at radius 3 is 2.93 bits per heavy atom. The number of pyridine rings is 1. The van der Waals surface area contributed by atoms with Gasteiger partial charge in [-0.05, 0) is 48.7 Å². The van der Waals surface area contributed by atoms with E-state index in [-0.39, 0.29) is 6.03 Å². The van der Waals surface area contributed by atoms with E-state index < -0.39 is 0 Å². The molecule has 2 aromatic heterocycles. The Kier molecular flexibility index (Phi) is 4.62. The molecule has 3 aromatic rings. The van der Waals surface area contributed by atoms with Gasteiger partial charge in [0.05, 0.1) is 0 Å². The van der Waals surface area contributed by atoms with Crippen LogP contribution in [0.25, 0.3) is 16.6 Å². The summed E-state index contributed by atoms with van der Waals surface area (Å²) in [6, 6.07) is 9.46. The standard InChI is InChI=1S/C21H21ClN4O/c1-14-5-6-16(22)12-19(14)24-21(27)26-10-7-15(8-11-26)18-13-25(2)20-17(18)4-3-9-23-20/h3-7,9,12-13H,8,10-11H2,1-2H3,(H,24,27). The largest absolute Gasteiger partial charge is 0.335 e. The first-order chi connectivity index (χ1) is 13.0. The molecule has 0 fully saturated rings. The van der Waals surface area contributed by atoms with Crippen LogP contribution < -0.4 is 5.32 Å². The Morgan fingerprint density at radius 1 is 1.30 bits per heavy atom. The van der Waals surface area contributed by atoms with Gasteiger partial charge in [-0.2, -0.15) is 0 Å². The van der Waals surface area contributed by atoms with Crippen molar-refractivity contribution in [2.75, 3.05) is 18.4 Å². The molecule has 0 saturated carbocycles. The van der Waals surface area contributed by atoms with Crippen LogP contribution in [0, 0.1) is 6.92 Å². The molecule has 6 heteroatoms. The van der Waals surface area contributed by atoms with Gasteiger partial charge in [-0.1, -0.05) is 23.7 Å². The maximum atomic E-state index is 12.6. The number of benzene rings is 1. The van der Waals surface area contributed by atoms with E-state index in [1.54, 1.807) is 6.07 Å². The molecule has 2 amide bonds.